The van der Waals surface area contributed by atoms with Crippen molar-refractivity contribution in [1.82, 2.24) is 14.8 Å². The number of thiazole rings is 1. The molecule has 162 valence electrons. The van der Waals surface area contributed by atoms with Crippen molar-refractivity contribution in [2.75, 3.05) is 26.2 Å². The molecule has 31 heavy (non-hydrogen) atoms. The first-order valence-corrected chi connectivity index (χ1v) is 11.2. The van der Waals surface area contributed by atoms with Gasteiger partial charge in [-0.05, 0) is 42.2 Å². The minimum Gasteiger partial charge on any atom is -0.340 e. The summed E-state index contributed by atoms with van der Waals surface area (Å²) in [7, 11) is 0. The molecule has 0 N–H and O–H groups in total. The van der Waals surface area contributed by atoms with Crippen molar-refractivity contribution in [2.24, 2.45) is 5.92 Å². The van der Waals surface area contributed by atoms with Crippen LogP contribution in [0, 0.1) is 5.92 Å². The van der Waals surface area contributed by atoms with Crippen LogP contribution in [0.3, 0.4) is 0 Å². The fourth-order valence-corrected chi connectivity index (χ4v) is 5.31. The van der Waals surface area contributed by atoms with E-state index in [1.807, 2.05) is 23.1 Å². The van der Waals surface area contributed by atoms with Gasteiger partial charge in [0, 0.05) is 32.1 Å². The number of halogens is 3. The maximum absolute atomic E-state index is 12.9. The van der Waals surface area contributed by atoms with E-state index in [2.05, 4.69) is 16.0 Å². The average molecular weight is 446 g/mol. The summed E-state index contributed by atoms with van der Waals surface area (Å²) in [6.07, 6.45) is -3.61. The number of fused-ring (bicyclic) bond motifs is 1. The summed E-state index contributed by atoms with van der Waals surface area (Å²) < 4.78 is 39.4. The van der Waals surface area contributed by atoms with E-state index in [0.717, 1.165) is 54.3 Å². The lowest BCUT2D eigenvalue weighted by Gasteiger charge is -2.34. The topological polar surface area (TPSA) is 36.4 Å². The molecule has 4 nitrogen and oxygen atoms in total. The van der Waals surface area contributed by atoms with Gasteiger partial charge >= 0.3 is 6.18 Å². The molecule has 0 radical (unpaired) electrons. The molecular weight excluding hydrogens is 423 g/mol. The van der Waals surface area contributed by atoms with Gasteiger partial charge in [-0.2, -0.15) is 13.2 Å². The number of benzene rings is 2. The fourth-order valence-electron chi connectivity index (χ4n) is 4.30. The normalized spacial score (nSPS) is 22.1. The van der Waals surface area contributed by atoms with Crippen LogP contribution in [-0.2, 0) is 17.5 Å². The molecule has 1 aliphatic heterocycles. The van der Waals surface area contributed by atoms with E-state index in [1.165, 1.54) is 16.8 Å². The van der Waals surface area contributed by atoms with E-state index in [4.69, 9.17) is 0 Å². The standard InChI is InChI=1S/C23H22F3N3OS/c24-23(25,26)16-7-5-15(6-8-16)17-13-18(17)22(30)29-11-9-28(10-12-29)14-21-27-19-3-1-2-4-20(19)31-21/h1-8,17-18H,9-14H2. The minimum atomic E-state index is -4.33. The molecule has 0 bridgehead atoms. The Bertz CT molecular complexity index is 1050. The Kier molecular flexibility index (Phi) is 5.22. The molecule has 2 fully saturated rings. The van der Waals surface area contributed by atoms with Crippen LogP contribution in [0.2, 0.25) is 0 Å². The molecule has 2 atom stereocenters. The summed E-state index contributed by atoms with van der Waals surface area (Å²) in [5, 5.41) is 1.09. The molecule has 8 heteroatoms. The Morgan fingerprint density at radius 1 is 1.03 bits per heavy atom. The van der Waals surface area contributed by atoms with Gasteiger partial charge in [-0.15, -0.1) is 11.3 Å². The van der Waals surface area contributed by atoms with Crippen LogP contribution in [0.4, 0.5) is 13.2 Å². The van der Waals surface area contributed by atoms with Crippen molar-refractivity contribution in [3.63, 3.8) is 0 Å². The van der Waals surface area contributed by atoms with Gasteiger partial charge in [0.2, 0.25) is 5.91 Å². The maximum atomic E-state index is 12.9. The zero-order valence-electron chi connectivity index (χ0n) is 16.8. The van der Waals surface area contributed by atoms with Gasteiger partial charge in [-0.25, -0.2) is 4.98 Å². The van der Waals surface area contributed by atoms with Crippen LogP contribution in [0.1, 0.15) is 28.5 Å². The zero-order valence-corrected chi connectivity index (χ0v) is 17.6. The van der Waals surface area contributed by atoms with E-state index in [1.54, 1.807) is 11.3 Å². The summed E-state index contributed by atoms with van der Waals surface area (Å²) in [4.78, 5) is 21.8. The van der Waals surface area contributed by atoms with E-state index in [0.29, 0.717) is 13.1 Å². The summed E-state index contributed by atoms with van der Waals surface area (Å²) in [5.41, 5.74) is 1.20. The van der Waals surface area contributed by atoms with Gasteiger partial charge < -0.3 is 4.90 Å². The lowest BCUT2D eigenvalue weighted by atomic mass is 10.1. The second-order valence-electron chi connectivity index (χ2n) is 8.25. The van der Waals surface area contributed by atoms with E-state index < -0.39 is 11.7 Å². The van der Waals surface area contributed by atoms with Crippen LogP contribution in [-0.4, -0.2) is 46.9 Å². The molecule has 1 aromatic heterocycles. The first kappa shape index (κ1) is 20.5. The predicted molar refractivity (Wildman–Crippen MR) is 114 cm³/mol. The average Bonchev–Trinajstić information content (AvgIpc) is 3.46. The van der Waals surface area contributed by atoms with Crippen molar-refractivity contribution in [2.45, 2.75) is 25.1 Å². The van der Waals surface area contributed by atoms with E-state index >= 15 is 0 Å². The first-order chi connectivity index (χ1) is 14.9. The monoisotopic (exact) mass is 445 g/mol. The first-order valence-electron chi connectivity index (χ1n) is 10.4. The number of amides is 1. The number of alkyl halides is 3. The SMILES string of the molecule is O=C(C1CC1c1ccc(C(F)(F)F)cc1)N1CCN(Cc2nc3ccccc3s2)CC1. The molecule has 3 aromatic rings. The number of piperazine rings is 1. The van der Waals surface area contributed by atoms with Crippen LogP contribution < -0.4 is 0 Å². The quantitative estimate of drug-likeness (QED) is 0.581. The van der Waals surface area contributed by atoms with Gasteiger partial charge in [-0.1, -0.05) is 24.3 Å². The van der Waals surface area contributed by atoms with Crippen molar-refractivity contribution in [3.8, 4) is 0 Å². The number of hydrogen-bond donors (Lipinski definition) is 0. The highest BCUT2D eigenvalue weighted by molar-refractivity contribution is 7.18. The lowest BCUT2D eigenvalue weighted by Crippen LogP contribution is -2.48. The van der Waals surface area contributed by atoms with Crippen LogP contribution in [0.5, 0.6) is 0 Å². The molecule has 2 aromatic carbocycles. The lowest BCUT2D eigenvalue weighted by molar-refractivity contribution is -0.137. The number of hydrogen-bond acceptors (Lipinski definition) is 4. The molecule has 0 spiro atoms. The van der Waals surface area contributed by atoms with Crippen molar-refractivity contribution < 1.29 is 18.0 Å². The zero-order chi connectivity index (χ0) is 21.6. The Balaban J connectivity index is 1.14. The second-order valence-corrected chi connectivity index (χ2v) is 9.36. The fraction of sp³-hybridized carbons (Fsp3) is 0.391. The number of carbonyl (C=O) groups excluding carboxylic acids is 1. The van der Waals surface area contributed by atoms with E-state index in [9.17, 15) is 18.0 Å². The number of para-hydroxylation sites is 1. The van der Waals surface area contributed by atoms with Gasteiger partial charge in [0.05, 0.1) is 22.3 Å². The Morgan fingerprint density at radius 3 is 2.42 bits per heavy atom. The second kappa shape index (κ2) is 7.91. The van der Waals surface area contributed by atoms with Crippen molar-refractivity contribution >= 4 is 27.5 Å². The number of rotatable bonds is 4. The highest BCUT2D eigenvalue weighted by atomic mass is 32.1. The van der Waals surface area contributed by atoms with Gasteiger partial charge in [0.1, 0.15) is 5.01 Å². The van der Waals surface area contributed by atoms with Crippen molar-refractivity contribution in [3.05, 3.63) is 64.7 Å². The molecule has 2 heterocycles. The summed E-state index contributed by atoms with van der Waals surface area (Å²) in [6.45, 7) is 3.76. The van der Waals surface area contributed by atoms with Crippen molar-refractivity contribution in [1.29, 1.82) is 0 Å². The van der Waals surface area contributed by atoms with Gasteiger partial charge in [-0.3, -0.25) is 9.69 Å². The molecule has 1 saturated heterocycles. The molecular formula is C23H22F3N3OS. The Labute approximate surface area is 182 Å². The molecule has 1 saturated carbocycles. The molecule has 2 aliphatic rings. The number of aromatic nitrogens is 1. The largest absolute Gasteiger partial charge is 0.416 e. The summed E-state index contributed by atoms with van der Waals surface area (Å²) in [5.74, 6) is 0.0626. The van der Waals surface area contributed by atoms with Gasteiger partial charge in [0.15, 0.2) is 0 Å². The predicted octanol–water partition coefficient (Wildman–Crippen LogP) is 4.76. The Hall–Kier alpha value is -2.45. The third-order valence-corrected chi connectivity index (χ3v) is 7.18. The Morgan fingerprint density at radius 2 is 1.74 bits per heavy atom. The maximum Gasteiger partial charge on any atom is 0.416 e. The third kappa shape index (κ3) is 4.32. The number of nitrogens with zero attached hydrogens (tertiary/aromatic N) is 3. The van der Waals surface area contributed by atoms with Gasteiger partial charge in [0.25, 0.3) is 0 Å². The number of carbonyl (C=O) groups is 1. The smallest absolute Gasteiger partial charge is 0.340 e. The molecule has 2 unspecified atom stereocenters. The highest BCUT2D eigenvalue weighted by Gasteiger charge is 2.46. The summed E-state index contributed by atoms with van der Waals surface area (Å²) >= 11 is 1.71. The minimum absolute atomic E-state index is 0.0376. The van der Waals surface area contributed by atoms with Crippen LogP contribution in [0.15, 0.2) is 48.5 Å². The summed E-state index contributed by atoms with van der Waals surface area (Å²) in [6, 6.07) is 13.3. The molecule has 5 rings (SSSR count). The third-order valence-electron chi connectivity index (χ3n) is 6.15. The van der Waals surface area contributed by atoms with Crippen LogP contribution in [0.25, 0.3) is 10.2 Å². The molecule has 1 amide bonds. The molecule has 1 aliphatic carbocycles. The van der Waals surface area contributed by atoms with E-state index in [-0.39, 0.29) is 17.7 Å². The van der Waals surface area contributed by atoms with Crippen LogP contribution >= 0.6 is 11.3 Å². The highest BCUT2D eigenvalue weighted by Crippen LogP contribution is 2.49.